The molecule has 6 heteroatoms. The van der Waals surface area contributed by atoms with Crippen LogP contribution in [0, 0.1) is 0 Å². The molecular weight excluding hydrogens is 339 g/mol. The molecule has 3 nitrogen and oxygen atoms in total. The maximum Gasteiger partial charge on any atom is 0.262 e. The highest BCUT2D eigenvalue weighted by Crippen LogP contribution is 2.34. The molecule has 1 aliphatic rings. The van der Waals surface area contributed by atoms with Gasteiger partial charge >= 0.3 is 0 Å². The lowest BCUT2D eigenvalue weighted by atomic mass is 10.2. The van der Waals surface area contributed by atoms with Crippen molar-refractivity contribution in [2.24, 2.45) is 0 Å². The molecule has 0 saturated heterocycles. The molecular formula is C16H12Cl2N2OS. The van der Waals surface area contributed by atoms with Gasteiger partial charge in [-0.2, -0.15) is 0 Å². The standard InChI is InChI=1S/C16H12Cl2N2OS/c17-10-5-4-9(12(18)6-10)7-20-8-19-15-14(16(20)21)11-2-1-3-13(11)22-15/h4-6,8H,1-3,7H2. The Morgan fingerprint density at radius 2 is 2.14 bits per heavy atom. The summed E-state index contributed by atoms with van der Waals surface area (Å²) in [6.45, 7) is 0.405. The van der Waals surface area contributed by atoms with E-state index in [-0.39, 0.29) is 5.56 Å². The van der Waals surface area contributed by atoms with Crippen LogP contribution in [0.2, 0.25) is 10.0 Å². The van der Waals surface area contributed by atoms with E-state index in [1.54, 1.807) is 34.4 Å². The van der Waals surface area contributed by atoms with Crippen LogP contribution in [0.4, 0.5) is 0 Å². The Morgan fingerprint density at radius 3 is 2.95 bits per heavy atom. The van der Waals surface area contributed by atoms with Gasteiger partial charge in [-0.25, -0.2) is 4.98 Å². The topological polar surface area (TPSA) is 34.9 Å². The first-order valence-electron chi connectivity index (χ1n) is 7.07. The van der Waals surface area contributed by atoms with Crippen LogP contribution in [0.1, 0.15) is 22.4 Å². The lowest BCUT2D eigenvalue weighted by Crippen LogP contribution is -2.21. The molecule has 22 heavy (non-hydrogen) atoms. The number of halogens is 2. The molecule has 0 spiro atoms. The van der Waals surface area contributed by atoms with Gasteiger partial charge < -0.3 is 0 Å². The molecule has 3 aromatic rings. The fourth-order valence-electron chi connectivity index (χ4n) is 2.97. The van der Waals surface area contributed by atoms with E-state index in [9.17, 15) is 4.79 Å². The van der Waals surface area contributed by atoms with E-state index in [0.29, 0.717) is 16.6 Å². The smallest absolute Gasteiger partial charge is 0.262 e. The zero-order valence-electron chi connectivity index (χ0n) is 11.6. The fraction of sp³-hybridized carbons (Fsp3) is 0.250. The maximum absolute atomic E-state index is 12.8. The van der Waals surface area contributed by atoms with Gasteiger partial charge in [0.1, 0.15) is 4.83 Å². The molecule has 2 heterocycles. The molecule has 0 radical (unpaired) electrons. The minimum atomic E-state index is 0.0235. The fourth-order valence-corrected chi connectivity index (χ4v) is 4.65. The summed E-state index contributed by atoms with van der Waals surface area (Å²) < 4.78 is 1.63. The summed E-state index contributed by atoms with van der Waals surface area (Å²) in [5, 5.41) is 1.95. The van der Waals surface area contributed by atoms with Crippen molar-refractivity contribution in [1.82, 2.24) is 9.55 Å². The predicted octanol–water partition coefficient (Wildman–Crippen LogP) is 4.30. The molecule has 1 aromatic carbocycles. The van der Waals surface area contributed by atoms with Crippen LogP contribution in [-0.2, 0) is 19.4 Å². The zero-order chi connectivity index (χ0) is 15.3. The number of aromatic nitrogens is 2. The van der Waals surface area contributed by atoms with Crippen LogP contribution < -0.4 is 5.56 Å². The lowest BCUT2D eigenvalue weighted by molar-refractivity contribution is 0.748. The number of benzene rings is 1. The van der Waals surface area contributed by atoms with Crippen molar-refractivity contribution < 1.29 is 0 Å². The van der Waals surface area contributed by atoms with Crippen molar-refractivity contribution in [3.8, 4) is 0 Å². The van der Waals surface area contributed by atoms with E-state index in [1.807, 2.05) is 6.07 Å². The minimum Gasteiger partial charge on any atom is -0.294 e. The van der Waals surface area contributed by atoms with Crippen LogP contribution in [-0.4, -0.2) is 9.55 Å². The van der Waals surface area contributed by atoms with Crippen molar-refractivity contribution in [3.63, 3.8) is 0 Å². The van der Waals surface area contributed by atoms with Crippen molar-refractivity contribution >= 4 is 44.8 Å². The lowest BCUT2D eigenvalue weighted by Gasteiger charge is -2.08. The second kappa shape index (κ2) is 5.37. The monoisotopic (exact) mass is 350 g/mol. The molecule has 0 atom stereocenters. The van der Waals surface area contributed by atoms with Gasteiger partial charge in [-0.15, -0.1) is 11.3 Å². The molecule has 0 saturated carbocycles. The number of thiophene rings is 1. The van der Waals surface area contributed by atoms with E-state index in [2.05, 4.69) is 4.98 Å². The third-order valence-corrected chi connectivity index (χ3v) is 5.83. The molecule has 2 aromatic heterocycles. The van der Waals surface area contributed by atoms with Gasteiger partial charge in [-0.3, -0.25) is 9.36 Å². The third kappa shape index (κ3) is 2.26. The largest absolute Gasteiger partial charge is 0.294 e. The molecule has 0 unspecified atom stereocenters. The second-order valence-electron chi connectivity index (χ2n) is 5.45. The highest BCUT2D eigenvalue weighted by atomic mass is 35.5. The summed E-state index contributed by atoms with van der Waals surface area (Å²) in [5.74, 6) is 0. The van der Waals surface area contributed by atoms with Crippen LogP contribution in [0.5, 0.6) is 0 Å². The Kier molecular flexibility index (Phi) is 3.48. The molecule has 0 fully saturated rings. The quantitative estimate of drug-likeness (QED) is 0.690. The van der Waals surface area contributed by atoms with E-state index >= 15 is 0 Å². The number of nitrogens with zero attached hydrogens (tertiary/aromatic N) is 2. The average molecular weight is 351 g/mol. The van der Waals surface area contributed by atoms with Crippen LogP contribution >= 0.6 is 34.5 Å². The van der Waals surface area contributed by atoms with Crippen molar-refractivity contribution in [1.29, 1.82) is 0 Å². The first-order valence-corrected chi connectivity index (χ1v) is 8.64. The first-order chi connectivity index (χ1) is 10.6. The number of hydrogen-bond acceptors (Lipinski definition) is 3. The van der Waals surface area contributed by atoms with Crippen molar-refractivity contribution in [2.75, 3.05) is 0 Å². The van der Waals surface area contributed by atoms with E-state index in [4.69, 9.17) is 23.2 Å². The van der Waals surface area contributed by atoms with Crippen LogP contribution in [0.25, 0.3) is 10.2 Å². The van der Waals surface area contributed by atoms with Gasteiger partial charge in [-0.1, -0.05) is 29.3 Å². The summed E-state index contributed by atoms with van der Waals surface area (Å²) in [6, 6.07) is 5.32. The summed E-state index contributed by atoms with van der Waals surface area (Å²) in [5.41, 5.74) is 2.09. The Morgan fingerprint density at radius 1 is 1.27 bits per heavy atom. The second-order valence-corrected chi connectivity index (χ2v) is 7.38. The number of hydrogen-bond donors (Lipinski definition) is 0. The van der Waals surface area contributed by atoms with E-state index in [1.165, 1.54) is 10.4 Å². The predicted molar refractivity (Wildman–Crippen MR) is 91.5 cm³/mol. The normalized spacial score (nSPS) is 13.7. The SMILES string of the molecule is O=c1c2c3c(sc2ncn1Cc1ccc(Cl)cc1Cl)CCC3. The molecule has 1 aliphatic carbocycles. The molecule has 0 bridgehead atoms. The van der Waals surface area contributed by atoms with E-state index < -0.39 is 0 Å². The maximum atomic E-state index is 12.8. The Labute approximate surface area is 141 Å². The molecule has 0 aliphatic heterocycles. The average Bonchev–Trinajstić information content (AvgIpc) is 3.04. The number of fused-ring (bicyclic) bond motifs is 3. The molecule has 4 rings (SSSR count). The Bertz CT molecular complexity index is 945. The number of aryl methyl sites for hydroxylation is 2. The molecule has 112 valence electrons. The molecule has 0 amide bonds. The van der Waals surface area contributed by atoms with Gasteiger partial charge in [0.15, 0.2) is 0 Å². The Hall–Kier alpha value is -1.36. The zero-order valence-corrected chi connectivity index (χ0v) is 13.9. The van der Waals surface area contributed by atoms with Gasteiger partial charge in [-0.05, 0) is 42.5 Å². The molecule has 0 N–H and O–H groups in total. The summed E-state index contributed by atoms with van der Waals surface area (Å²) in [4.78, 5) is 19.4. The van der Waals surface area contributed by atoms with Crippen molar-refractivity contribution in [3.05, 3.63) is 60.9 Å². The first kappa shape index (κ1) is 14.2. The van der Waals surface area contributed by atoms with Gasteiger partial charge in [0.25, 0.3) is 5.56 Å². The van der Waals surface area contributed by atoms with Gasteiger partial charge in [0, 0.05) is 14.9 Å². The third-order valence-electron chi connectivity index (χ3n) is 4.05. The minimum absolute atomic E-state index is 0.0235. The van der Waals surface area contributed by atoms with Crippen LogP contribution in [0.15, 0.2) is 29.3 Å². The van der Waals surface area contributed by atoms with Gasteiger partial charge in [0.2, 0.25) is 0 Å². The van der Waals surface area contributed by atoms with Crippen molar-refractivity contribution in [2.45, 2.75) is 25.8 Å². The number of rotatable bonds is 2. The van der Waals surface area contributed by atoms with E-state index in [0.717, 1.165) is 35.0 Å². The Balaban J connectivity index is 1.82. The highest BCUT2D eigenvalue weighted by molar-refractivity contribution is 7.18. The summed E-state index contributed by atoms with van der Waals surface area (Å²) in [7, 11) is 0. The van der Waals surface area contributed by atoms with Crippen LogP contribution in [0.3, 0.4) is 0 Å². The van der Waals surface area contributed by atoms with Gasteiger partial charge in [0.05, 0.1) is 18.3 Å². The summed E-state index contributed by atoms with van der Waals surface area (Å²) in [6.07, 6.45) is 4.80. The highest BCUT2D eigenvalue weighted by Gasteiger charge is 2.21. The summed E-state index contributed by atoms with van der Waals surface area (Å²) >= 11 is 13.8.